The molecule has 106 valence electrons. The van der Waals surface area contributed by atoms with Crippen LogP contribution in [-0.4, -0.2) is 35.0 Å². The van der Waals surface area contributed by atoms with E-state index in [2.05, 4.69) is 21.5 Å². The van der Waals surface area contributed by atoms with Gasteiger partial charge in [-0.15, -0.1) is 0 Å². The molecule has 3 rings (SSSR count). The highest BCUT2D eigenvalue weighted by molar-refractivity contribution is 5.40. The summed E-state index contributed by atoms with van der Waals surface area (Å²) in [6, 6.07) is 8.22. The predicted octanol–water partition coefficient (Wildman–Crippen LogP) is 1.19. The van der Waals surface area contributed by atoms with Crippen LogP contribution in [0.25, 0.3) is 0 Å². The summed E-state index contributed by atoms with van der Waals surface area (Å²) in [5.74, 6) is 2.49. The zero-order chi connectivity index (χ0) is 13.9. The van der Waals surface area contributed by atoms with E-state index in [9.17, 15) is 0 Å². The molecule has 0 radical (unpaired) electrons. The maximum atomic E-state index is 5.58. The van der Waals surface area contributed by atoms with Crippen molar-refractivity contribution in [3.05, 3.63) is 35.7 Å². The molecule has 6 nitrogen and oxygen atoms in total. The van der Waals surface area contributed by atoms with Crippen molar-refractivity contribution in [2.45, 2.75) is 18.9 Å². The molecule has 1 aliphatic rings. The average molecular weight is 273 g/mol. The number of hydrogen-bond donors (Lipinski definition) is 2. The quantitative estimate of drug-likeness (QED) is 0.875. The number of fused-ring (bicyclic) bond motifs is 1. The second-order valence-corrected chi connectivity index (χ2v) is 4.81. The van der Waals surface area contributed by atoms with E-state index in [1.165, 1.54) is 0 Å². The summed E-state index contributed by atoms with van der Waals surface area (Å²) in [4.78, 5) is 4.49. The van der Waals surface area contributed by atoms with E-state index in [4.69, 9.17) is 10.5 Å². The predicted molar refractivity (Wildman–Crippen MR) is 77.0 cm³/mol. The fourth-order valence-corrected chi connectivity index (χ4v) is 2.61. The maximum Gasteiger partial charge on any atom is 0.221 e. The Kier molecular flexibility index (Phi) is 3.56. The van der Waals surface area contributed by atoms with Crippen molar-refractivity contribution in [1.82, 2.24) is 14.8 Å². The van der Waals surface area contributed by atoms with Crippen LogP contribution in [0, 0.1) is 0 Å². The molecule has 3 N–H and O–H groups in total. The minimum absolute atomic E-state index is 0.154. The average Bonchev–Trinajstić information content (AvgIpc) is 2.90. The lowest BCUT2D eigenvalue weighted by Crippen LogP contribution is -2.25. The zero-order valence-corrected chi connectivity index (χ0v) is 11.5. The van der Waals surface area contributed by atoms with E-state index in [-0.39, 0.29) is 6.04 Å². The molecule has 2 aromatic rings. The summed E-state index contributed by atoms with van der Waals surface area (Å²) < 4.78 is 7.42. The van der Waals surface area contributed by atoms with Gasteiger partial charge in [-0.1, -0.05) is 18.2 Å². The van der Waals surface area contributed by atoms with Gasteiger partial charge in [-0.05, 0) is 19.0 Å². The van der Waals surface area contributed by atoms with Crippen LogP contribution in [-0.2, 0) is 6.42 Å². The minimum Gasteiger partial charge on any atom is -0.496 e. The Morgan fingerprint density at radius 3 is 3.10 bits per heavy atom. The van der Waals surface area contributed by atoms with Gasteiger partial charge in [0.05, 0.1) is 13.2 Å². The first kappa shape index (κ1) is 12.9. The van der Waals surface area contributed by atoms with Crippen molar-refractivity contribution in [1.29, 1.82) is 0 Å². The largest absolute Gasteiger partial charge is 0.496 e. The summed E-state index contributed by atoms with van der Waals surface area (Å²) in [5.41, 5.74) is 6.72. The summed E-state index contributed by atoms with van der Waals surface area (Å²) in [6.07, 6.45) is 1.65. The van der Waals surface area contributed by atoms with E-state index in [1.807, 2.05) is 22.9 Å². The van der Waals surface area contributed by atoms with Gasteiger partial charge in [-0.2, -0.15) is 10.1 Å². The number of benzene rings is 1. The molecule has 2 heterocycles. The number of nitrogens with one attached hydrogen (secondary N) is 1. The molecular formula is C14H19N5O. The Morgan fingerprint density at radius 1 is 1.45 bits per heavy atom. The normalized spacial score (nSPS) is 17.4. The van der Waals surface area contributed by atoms with Crippen LogP contribution >= 0.6 is 0 Å². The molecule has 1 unspecified atom stereocenters. The standard InChI is InChI=1S/C14H19N5O/c1-20-12-5-3-2-4-10(12)11-7-9-16-14-17-13(6-8-15)18-19(11)14/h2-5,11H,6-9,15H2,1H3,(H,16,17,18). The second kappa shape index (κ2) is 5.50. The molecule has 0 fully saturated rings. The molecule has 0 aliphatic carbocycles. The van der Waals surface area contributed by atoms with E-state index < -0.39 is 0 Å². The number of ether oxygens (including phenoxy) is 1. The molecule has 20 heavy (non-hydrogen) atoms. The van der Waals surface area contributed by atoms with E-state index in [0.717, 1.165) is 36.1 Å². The Morgan fingerprint density at radius 2 is 2.30 bits per heavy atom. The zero-order valence-electron chi connectivity index (χ0n) is 11.5. The third-order valence-electron chi connectivity index (χ3n) is 3.54. The van der Waals surface area contributed by atoms with E-state index in [0.29, 0.717) is 13.0 Å². The van der Waals surface area contributed by atoms with Crippen LogP contribution in [0.5, 0.6) is 5.75 Å². The third-order valence-corrected chi connectivity index (χ3v) is 3.54. The SMILES string of the molecule is COc1ccccc1C1CCNc2nc(CCN)nn21. The molecule has 0 saturated heterocycles. The molecule has 0 saturated carbocycles. The van der Waals surface area contributed by atoms with E-state index >= 15 is 0 Å². The molecule has 1 atom stereocenters. The number of nitrogens with zero attached hydrogens (tertiary/aromatic N) is 3. The highest BCUT2D eigenvalue weighted by atomic mass is 16.5. The molecule has 1 aromatic carbocycles. The van der Waals surface area contributed by atoms with Crippen molar-refractivity contribution in [2.24, 2.45) is 5.73 Å². The van der Waals surface area contributed by atoms with Gasteiger partial charge >= 0.3 is 0 Å². The number of hydrogen-bond acceptors (Lipinski definition) is 5. The number of methoxy groups -OCH3 is 1. The van der Waals surface area contributed by atoms with Gasteiger partial charge in [0.2, 0.25) is 5.95 Å². The van der Waals surface area contributed by atoms with Crippen LogP contribution in [0.3, 0.4) is 0 Å². The van der Waals surface area contributed by atoms with Crippen LogP contribution in [0.1, 0.15) is 23.9 Å². The summed E-state index contributed by atoms with van der Waals surface area (Å²) in [6.45, 7) is 1.44. The number of aromatic nitrogens is 3. The lowest BCUT2D eigenvalue weighted by Gasteiger charge is -2.25. The highest BCUT2D eigenvalue weighted by Crippen LogP contribution is 2.33. The lowest BCUT2D eigenvalue weighted by atomic mass is 10.0. The number of nitrogens with two attached hydrogens (primary N) is 1. The Hall–Kier alpha value is -2.08. The monoisotopic (exact) mass is 273 g/mol. The fourth-order valence-electron chi connectivity index (χ4n) is 2.61. The Labute approximate surface area is 118 Å². The second-order valence-electron chi connectivity index (χ2n) is 4.81. The lowest BCUT2D eigenvalue weighted by molar-refractivity contribution is 0.391. The first-order valence-electron chi connectivity index (χ1n) is 6.85. The number of rotatable bonds is 4. The minimum atomic E-state index is 0.154. The highest BCUT2D eigenvalue weighted by Gasteiger charge is 2.26. The fraction of sp³-hybridized carbons (Fsp3) is 0.429. The van der Waals surface area contributed by atoms with Gasteiger partial charge in [-0.25, -0.2) is 4.68 Å². The van der Waals surface area contributed by atoms with Crippen LogP contribution in [0.2, 0.25) is 0 Å². The molecule has 6 heteroatoms. The van der Waals surface area contributed by atoms with Gasteiger partial charge in [0.1, 0.15) is 5.75 Å². The van der Waals surface area contributed by atoms with Crippen LogP contribution in [0.4, 0.5) is 5.95 Å². The molecule has 0 bridgehead atoms. The van der Waals surface area contributed by atoms with Gasteiger partial charge < -0.3 is 15.8 Å². The topological polar surface area (TPSA) is 78.0 Å². The third kappa shape index (κ3) is 2.22. The molecule has 0 spiro atoms. The summed E-state index contributed by atoms with van der Waals surface area (Å²) in [7, 11) is 1.70. The van der Waals surface area contributed by atoms with Crippen LogP contribution in [0.15, 0.2) is 24.3 Å². The van der Waals surface area contributed by atoms with Crippen LogP contribution < -0.4 is 15.8 Å². The molecule has 1 aliphatic heterocycles. The summed E-state index contributed by atoms with van der Waals surface area (Å²) >= 11 is 0. The van der Waals surface area contributed by atoms with Crippen molar-refractivity contribution >= 4 is 5.95 Å². The summed E-state index contributed by atoms with van der Waals surface area (Å²) in [5, 5.41) is 7.87. The van der Waals surface area contributed by atoms with Crippen molar-refractivity contribution in [3.63, 3.8) is 0 Å². The first-order chi connectivity index (χ1) is 9.83. The first-order valence-corrected chi connectivity index (χ1v) is 6.85. The van der Waals surface area contributed by atoms with Crippen molar-refractivity contribution in [3.8, 4) is 5.75 Å². The van der Waals surface area contributed by atoms with Gasteiger partial charge in [0.15, 0.2) is 5.82 Å². The van der Waals surface area contributed by atoms with Gasteiger partial charge in [0.25, 0.3) is 0 Å². The number of anilines is 1. The maximum absolute atomic E-state index is 5.58. The Bertz CT molecular complexity index is 595. The van der Waals surface area contributed by atoms with Crippen molar-refractivity contribution < 1.29 is 4.74 Å². The van der Waals surface area contributed by atoms with Crippen molar-refractivity contribution in [2.75, 3.05) is 25.5 Å². The smallest absolute Gasteiger partial charge is 0.221 e. The Balaban J connectivity index is 2.00. The van der Waals surface area contributed by atoms with E-state index in [1.54, 1.807) is 7.11 Å². The number of para-hydroxylation sites is 1. The van der Waals surface area contributed by atoms with Gasteiger partial charge in [-0.3, -0.25) is 0 Å². The molecule has 1 aromatic heterocycles. The molecule has 0 amide bonds. The van der Waals surface area contributed by atoms with Gasteiger partial charge in [0, 0.05) is 18.5 Å². The molecular weight excluding hydrogens is 254 g/mol.